The molecule has 2 N–H and O–H groups in total. The Morgan fingerprint density at radius 3 is 2.88 bits per heavy atom. The maximum atomic E-state index is 12.5. The van der Waals surface area contributed by atoms with Crippen LogP contribution < -0.4 is 10.6 Å². The molecule has 8 heteroatoms. The molecule has 0 aromatic carbocycles. The second-order valence-electron chi connectivity index (χ2n) is 5.55. The summed E-state index contributed by atoms with van der Waals surface area (Å²) in [6.45, 7) is 5.21. The summed E-state index contributed by atoms with van der Waals surface area (Å²) in [6, 6.07) is 2.41. The quantitative estimate of drug-likeness (QED) is 0.773. The Morgan fingerprint density at radius 2 is 2.21 bits per heavy atom. The van der Waals surface area contributed by atoms with Crippen molar-refractivity contribution in [2.75, 3.05) is 39.5 Å². The fourth-order valence-corrected chi connectivity index (χ4v) is 2.84. The Labute approximate surface area is 139 Å². The summed E-state index contributed by atoms with van der Waals surface area (Å²) in [5.41, 5.74) is 0.915. The van der Waals surface area contributed by atoms with Crippen LogP contribution in [-0.2, 0) is 14.3 Å². The number of nitrogens with zero attached hydrogens (tertiary/aromatic N) is 1. The van der Waals surface area contributed by atoms with Gasteiger partial charge in [0.25, 0.3) is 0 Å². The summed E-state index contributed by atoms with van der Waals surface area (Å²) >= 11 is 0. The van der Waals surface area contributed by atoms with Crippen LogP contribution >= 0.6 is 0 Å². The maximum Gasteiger partial charge on any atom is 0.338 e. The van der Waals surface area contributed by atoms with Gasteiger partial charge in [0.2, 0.25) is 0 Å². The van der Waals surface area contributed by atoms with Gasteiger partial charge >= 0.3 is 12.0 Å². The molecule has 8 nitrogen and oxygen atoms in total. The highest BCUT2D eigenvalue weighted by atomic mass is 16.5. The molecule has 3 rings (SSSR count). The van der Waals surface area contributed by atoms with Crippen molar-refractivity contribution in [3.05, 3.63) is 35.4 Å². The van der Waals surface area contributed by atoms with Crippen molar-refractivity contribution in [1.29, 1.82) is 0 Å². The van der Waals surface area contributed by atoms with Crippen molar-refractivity contribution in [3.8, 4) is 0 Å². The zero-order chi connectivity index (χ0) is 16.9. The van der Waals surface area contributed by atoms with Gasteiger partial charge in [0.05, 0.1) is 31.7 Å². The highest BCUT2D eigenvalue weighted by Crippen LogP contribution is 2.28. The van der Waals surface area contributed by atoms with Gasteiger partial charge in [-0.15, -0.1) is 0 Å². The summed E-state index contributed by atoms with van der Waals surface area (Å²) in [5, 5.41) is 5.48. The van der Waals surface area contributed by atoms with E-state index in [1.54, 1.807) is 19.1 Å². The van der Waals surface area contributed by atoms with Crippen LogP contribution in [0.2, 0.25) is 0 Å². The Kier molecular flexibility index (Phi) is 5.17. The molecule has 0 bridgehead atoms. The standard InChI is InChI=1S/C16H21N3O5/c1-2-23-15(20)13-11(10-19-5-8-22-9-6-19)17-16(21)18-14(13)12-4-3-7-24-12/h3-4,7,14H,2,5-6,8-10H2,1H3,(H2,17,18,21)/t14-/m0/s1. The second-order valence-corrected chi connectivity index (χ2v) is 5.55. The van der Waals surface area contributed by atoms with E-state index in [-0.39, 0.29) is 12.6 Å². The predicted molar refractivity (Wildman–Crippen MR) is 84.0 cm³/mol. The average Bonchev–Trinajstić information content (AvgIpc) is 3.10. The molecule has 0 saturated carbocycles. The molecule has 1 aromatic heterocycles. The van der Waals surface area contributed by atoms with E-state index in [9.17, 15) is 9.59 Å². The van der Waals surface area contributed by atoms with Crippen LogP contribution in [0, 0.1) is 0 Å². The number of nitrogens with one attached hydrogen (secondary N) is 2. The van der Waals surface area contributed by atoms with Gasteiger partial charge in [-0.3, -0.25) is 4.90 Å². The highest BCUT2D eigenvalue weighted by molar-refractivity contribution is 5.95. The van der Waals surface area contributed by atoms with Crippen LogP contribution in [0.25, 0.3) is 0 Å². The van der Waals surface area contributed by atoms with E-state index in [1.807, 2.05) is 0 Å². The Bertz CT molecular complexity index is 620. The fourth-order valence-electron chi connectivity index (χ4n) is 2.84. The molecule has 130 valence electrons. The van der Waals surface area contributed by atoms with E-state index in [1.165, 1.54) is 6.26 Å². The number of urea groups is 1. The van der Waals surface area contributed by atoms with Crippen LogP contribution in [0.1, 0.15) is 18.7 Å². The largest absolute Gasteiger partial charge is 0.467 e. The Balaban J connectivity index is 1.93. The van der Waals surface area contributed by atoms with Crippen LogP contribution in [0.4, 0.5) is 4.79 Å². The monoisotopic (exact) mass is 335 g/mol. The third kappa shape index (κ3) is 3.60. The number of amides is 2. The smallest absolute Gasteiger partial charge is 0.338 e. The van der Waals surface area contributed by atoms with E-state index >= 15 is 0 Å². The van der Waals surface area contributed by atoms with Crippen LogP contribution in [0.5, 0.6) is 0 Å². The number of carbonyl (C=O) groups is 2. The van der Waals surface area contributed by atoms with Crippen molar-refractivity contribution < 1.29 is 23.5 Å². The molecular formula is C16H21N3O5. The summed E-state index contributed by atoms with van der Waals surface area (Å²) in [6.07, 6.45) is 1.51. The SMILES string of the molecule is CCOC(=O)C1=C(CN2CCOCC2)NC(=O)N[C@H]1c1ccco1. The minimum atomic E-state index is -0.663. The normalized spacial score (nSPS) is 22.0. The first-order valence-electron chi connectivity index (χ1n) is 8.00. The van der Waals surface area contributed by atoms with Crippen molar-refractivity contribution in [2.24, 2.45) is 0 Å². The van der Waals surface area contributed by atoms with E-state index < -0.39 is 12.0 Å². The molecule has 2 aliphatic rings. The zero-order valence-electron chi connectivity index (χ0n) is 13.5. The minimum absolute atomic E-state index is 0.256. The average molecular weight is 335 g/mol. The molecule has 2 amide bonds. The molecule has 24 heavy (non-hydrogen) atoms. The molecule has 1 saturated heterocycles. The number of hydrogen-bond donors (Lipinski definition) is 2. The molecule has 0 unspecified atom stereocenters. The van der Waals surface area contributed by atoms with Gasteiger partial charge in [0.1, 0.15) is 11.8 Å². The lowest BCUT2D eigenvalue weighted by Gasteiger charge is -2.32. The van der Waals surface area contributed by atoms with Crippen molar-refractivity contribution in [3.63, 3.8) is 0 Å². The molecule has 0 radical (unpaired) electrons. The second kappa shape index (κ2) is 7.50. The third-order valence-corrected chi connectivity index (χ3v) is 3.96. The van der Waals surface area contributed by atoms with Gasteiger partial charge < -0.3 is 24.5 Å². The Hall–Kier alpha value is -2.32. The summed E-state index contributed by atoms with van der Waals surface area (Å²) in [5.74, 6) is 0.0297. The first-order chi connectivity index (χ1) is 11.7. The summed E-state index contributed by atoms with van der Waals surface area (Å²) < 4.78 is 15.9. The highest BCUT2D eigenvalue weighted by Gasteiger charge is 2.35. The van der Waals surface area contributed by atoms with Crippen LogP contribution in [-0.4, -0.2) is 56.4 Å². The molecule has 1 atom stereocenters. The molecular weight excluding hydrogens is 314 g/mol. The molecule has 3 heterocycles. The third-order valence-electron chi connectivity index (χ3n) is 3.96. The first kappa shape index (κ1) is 16.5. The number of furan rings is 1. The molecule has 2 aliphatic heterocycles. The first-order valence-corrected chi connectivity index (χ1v) is 8.00. The van der Waals surface area contributed by atoms with E-state index in [2.05, 4.69) is 15.5 Å². The van der Waals surface area contributed by atoms with Crippen molar-refractivity contribution in [1.82, 2.24) is 15.5 Å². The number of ether oxygens (including phenoxy) is 2. The number of carbonyl (C=O) groups excluding carboxylic acids is 2. The van der Waals surface area contributed by atoms with Gasteiger partial charge in [-0.05, 0) is 19.1 Å². The molecule has 0 spiro atoms. The molecule has 0 aliphatic carbocycles. The lowest BCUT2D eigenvalue weighted by Crippen LogP contribution is -2.49. The number of morpholine rings is 1. The number of rotatable bonds is 5. The lowest BCUT2D eigenvalue weighted by atomic mass is 10.00. The Morgan fingerprint density at radius 1 is 1.42 bits per heavy atom. The van der Waals surface area contributed by atoms with Crippen molar-refractivity contribution in [2.45, 2.75) is 13.0 Å². The van der Waals surface area contributed by atoms with Gasteiger partial charge in [-0.2, -0.15) is 0 Å². The number of esters is 1. The van der Waals surface area contributed by atoms with Crippen LogP contribution in [0.15, 0.2) is 34.1 Å². The predicted octanol–water partition coefficient (Wildman–Crippen LogP) is 0.783. The maximum absolute atomic E-state index is 12.5. The molecule has 1 aromatic rings. The van der Waals surface area contributed by atoms with E-state index in [0.29, 0.717) is 36.8 Å². The van der Waals surface area contributed by atoms with Gasteiger partial charge in [-0.25, -0.2) is 9.59 Å². The lowest BCUT2D eigenvalue weighted by molar-refractivity contribution is -0.139. The van der Waals surface area contributed by atoms with Crippen molar-refractivity contribution >= 4 is 12.0 Å². The van der Waals surface area contributed by atoms with E-state index in [0.717, 1.165) is 13.1 Å². The van der Waals surface area contributed by atoms with Gasteiger partial charge in [0.15, 0.2) is 0 Å². The van der Waals surface area contributed by atoms with E-state index in [4.69, 9.17) is 13.9 Å². The summed E-state index contributed by atoms with van der Waals surface area (Å²) in [4.78, 5) is 26.7. The summed E-state index contributed by atoms with van der Waals surface area (Å²) in [7, 11) is 0. The van der Waals surface area contributed by atoms with Gasteiger partial charge in [-0.1, -0.05) is 0 Å². The molecule has 1 fully saturated rings. The topological polar surface area (TPSA) is 93.0 Å². The number of hydrogen-bond acceptors (Lipinski definition) is 6. The minimum Gasteiger partial charge on any atom is -0.467 e. The fraction of sp³-hybridized carbons (Fsp3) is 0.500. The van der Waals surface area contributed by atoms with Crippen LogP contribution in [0.3, 0.4) is 0 Å². The zero-order valence-corrected chi connectivity index (χ0v) is 13.5. The van der Waals surface area contributed by atoms with Gasteiger partial charge in [0, 0.05) is 25.3 Å².